The molecule has 0 fully saturated rings. The first-order chi connectivity index (χ1) is 9.27. The van der Waals surface area contributed by atoms with E-state index in [1.54, 1.807) is 13.8 Å². The number of rotatable bonds is 6. The number of nitro benzene ring substituents is 1. The van der Waals surface area contributed by atoms with Crippen LogP contribution in [0.3, 0.4) is 0 Å². The van der Waals surface area contributed by atoms with Crippen LogP contribution in [0.2, 0.25) is 0 Å². The van der Waals surface area contributed by atoms with Gasteiger partial charge in [-0.3, -0.25) is 10.1 Å². The van der Waals surface area contributed by atoms with Gasteiger partial charge >= 0.3 is 5.97 Å². The van der Waals surface area contributed by atoms with E-state index in [2.05, 4.69) is 0 Å². The van der Waals surface area contributed by atoms with Crippen molar-refractivity contribution in [3.63, 3.8) is 0 Å². The Morgan fingerprint density at radius 2 is 1.95 bits per heavy atom. The summed E-state index contributed by atoms with van der Waals surface area (Å²) in [5, 5.41) is 29.3. The van der Waals surface area contributed by atoms with Crippen LogP contribution in [-0.2, 0) is 4.74 Å². The largest absolute Gasteiger partial charge is 0.459 e. The van der Waals surface area contributed by atoms with Gasteiger partial charge in [0.05, 0.1) is 23.2 Å². The first kappa shape index (κ1) is 16.1. The molecule has 0 saturated heterocycles. The number of esters is 1. The number of hydrogen-bond acceptors (Lipinski definition) is 6. The normalized spacial score (nSPS) is 12.8. The van der Waals surface area contributed by atoms with Gasteiger partial charge in [-0.2, -0.15) is 0 Å². The Kier molecular flexibility index (Phi) is 5.18. The summed E-state index contributed by atoms with van der Waals surface area (Å²) < 4.78 is 4.91. The first-order valence-electron chi connectivity index (χ1n) is 5.98. The topological polar surface area (TPSA) is 110 Å². The van der Waals surface area contributed by atoms with Gasteiger partial charge < -0.3 is 14.9 Å². The monoisotopic (exact) mass is 283 g/mol. The second-order valence-corrected chi connectivity index (χ2v) is 5.06. The smallest absolute Gasteiger partial charge is 0.338 e. The number of carbonyl (C=O) groups is 1. The predicted octanol–water partition coefficient (Wildman–Crippen LogP) is 1.13. The quantitative estimate of drug-likeness (QED) is 0.460. The van der Waals surface area contributed by atoms with Gasteiger partial charge in [0.1, 0.15) is 6.61 Å². The number of carbonyl (C=O) groups excluding carboxylic acids is 1. The molecule has 7 heteroatoms. The summed E-state index contributed by atoms with van der Waals surface area (Å²) in [7, 11) is 0. The number of ether oxygens (including phenoxy) is 1. The maximum Gasteiger partial charge on any atom is 0.338 e. The van der Waals surface area contributed by atoms with Crippen LogP contribution >= 0.6 is 0 Å². The van der Waals surface area contributed by atoms with E-state index < -0.39 is 22.4 Å². The first-order valence-corrected chi connectivity index (χ1v) is 5.98. The van der Waals surface area contributed by atoms with Crippen LogP contribution in [0.15, 0.2) is 24.3 Å². The lowest BCUT2D eigenvalue weighted by molar-refractivity contribution is -0.384. The fourth-order valence-corrected chi connectivity index (χ4v) is 1.29. The molecule has 1 atom stereocenters. The molecule has 2 N–H and O–H groups in total. The van der Waals surface area contributed by atoms with Crippen LogP contribution in [0.5, 0.6) is 0 Å². The molecule has 0 bridgehead atoms. The molecular weight excluding hydrogens is 266 g/mol. The molecule has 1 aromatic rings. The van der Waals surface area contributed by atoms with Crippen molar-refractivity contribution in [3.05, 3.63) is 39.9 Å². The summed E-state index contributed by atoms with van der Waals surface area (Å²) in [4.78, 5) is 21.6. The lowest BCUT2D eigenvalue weighted by Crippen LogP contribution is -2.37. The molecule has 0 aliphatic carbocycles. The van der Waals surface area contributed by atoms with Crippen LogP contribution in [-0.4, -0.2) is 40.4 Å². The maximum atomic E-state index is 11.7. The second-order valence-electron chi connectivity index (χ2n) is 5.06. The molecule has 0 unspecified atom stereocenters. The number of non-ortho nitro benzene ring substituents is 1. The molecule has 7 nitrogen and oxygen atoms in total. The SMILES string of the molecule is CC(C)(CO)[C@H](O)COC(=O)c1ccc([N+](=O)[O-])cc1. The van der Waals surface area contributed by atoms with Gasteiger partial charge in [-0.15, -0.1) is 0 Å². The summed E-state index contributed by atoms with van der Waals surface area (Å²) in [6, 6.07) is 4.96. The Balaban J connectivity index is 2.61. The molecule has 0 saturated carbocycles. The van der Waals surface area contributed by atoms with Crippen LogP contribution in [0.25, 0.3) is 0 Å². The Morgan fingerprint density at radius 1 is 1.40 bits per heavy atom. The number of benzene rings is 1. The molecule has 0 spiro atoms. The summed E-state index contributed by atoms with van der Waals surface area (Å²) >= 11 is 0. The van der Waals surface area contributed by atoms with Gasteiger partial charge in [-0.05, 0) is 12.1 Å². The average molecular weight is 283 g/mol. The van der Waals surface area contributed by atoms with E-state index in [9.17, 15) is 20.0 Å². The third-order valence-corrected chi connectivity index (χ3v) is 3.00. The summed E-state index contributed by atoms with van der Waals surface area (Å²) in [5.41, 5.74) is -0.747. The van der Waals surface area contributed by atoms with Crippen molar-refractivity contribution in [2.45, 2.75) is 20.0 Å². The minimum Gasteiger partial charge on any atom is -0.459 e. The highest BCUT2D eigenvalue weighted by Gasteiger charge is 2.28. The number of nitrogens with zero attached hydrogens (tertiary/aromatic N) is 1. The van der Waals surface area contributed by atoms with Crippen molar-refractivity contribution < 1.29 is 24.7 Å². The Hall–Kier alpha value is -1.99. The van der Waals surface area contributed by atoms with Crippen molar-refractivity contribution >= 4 is 11.7 Å². The van der Waals surface area contributed by atoms with Crippen molar-refractivity contribution in [1.29, 1.82) is 0 Å². The number of aliphatic hydroxyl groups is 2. The van der Waals surface area contributed by atoms with Gasteiger partial charge in [-0.1, -0.05) is 13.8 Å². The highest BCUT2D eigenvalue weighted by Crippen LogP contribution is 2.20. The van der Waals surface area contributed by atoms with Crippen molar-refractivity contribution in [2.75, 3.05) is 13.2 Å². The molecule has 20 heavy (non-hydrogen) atoms. The number of hydrogen-bond donors (Lipinski definition) is 2. The van der Waals surface area contributed by atoms with E-state index in [1.165, 1.54) is 24.3 Å². The third-order valence-electron chi connectivity index (χ3n) is 3.00. The molecule has 0 heterocycles. The molecule has 0 aromatic heterocycles. The van der Waals surface area contributed by atoms with E-state index >= 15 is 0 Å². The van der Waals surface area contributed by atoms with E-state index in [0.717, 1.165) is 0 Å². The Bertz CT molecular complexity index is 482. The van der Waals surface area contributed by atoms with Gasteiger partial charge in [0, 0.05) is 17.5 Å². The van der Waals surface area contributed by atoms with Crippen LogP contribution < -0.4 is 0 Å². The fourth-order valence-electron chi connectivity index (χ4n) is 1.29. The molecule has 0 aliphatic rings. The van der Waals surface area contributed by atoms with E-state index in [1.807, 2.05) is 0 Å². The fraction of sp³-hybridized carbons (Fsp3) is 0.462. The highest BCUT2D eigenvalue weighted by molar-refractivity contribution is 5.89. The predicted molar refractivity (Wildman–Crippen MR) is 70.3 cm³/mol. The van der Waals surface area contributed by atoms with E-state index in [4.69, 9.17) is 9.84 Å². The van der Waals surface area contributed by atoms with Crippen LogP contribution in [0.4, 0.5) is 5.69 Å². The van der Waals surface area contributed by atoms with E-state index in [0.29, 0.717) is 0 Å². The molecule has 1 rings (SSSR count). The second kappa shape index (κ2) is 6.44. The van der Waals surface area contributed by atoms with Gasteiger partial charge in [0.2, 0.25) is 0 Å². The summed E-state index contributed by atoms with van der Waals surface area (Å²) in [6.45, 7) is 2.77. The summed E-state index contributed by atoms with van der Waals surface area (Å²) in [5.74, 6) is -0.687. The van der Waals surface area contributed by atoms with Crippen molar-refractivity contribution in [1.82, 2.24) is 0 Å². The van der Waals surface area contributed by atoms with Gasteiger partial charge in [-0.25, -0.2) is 4.79 Å². The minimum atomic E-state index is -1.01. The van der Waals surface area contributed by atoms with Crippen molar-refractivity contribution in [2.24, 2.45) is 5.41 Å². The zero-order valence-corrected chi connectivity index (χ0v) is 11.3. The van der Waals surface area contributed by atoms with Crippen molar-refractivity contribution in [3.8, 4) is 0 Å². The average Bonchev–Trinajstić information content (AvgIpc) is 2.44. The lowest BCUT2D eigenvalue weighted by atomic mass is 9.88. The standard InChI is InChI=1S/C13H17NO6/c1-13(2,8-15)11(16)7-20-12(17)9-3-5-10(6-4-9)14(18)19/h3-6,11,15-16H,7-8H2,1-2H3/t11-/m1/s1. The molecule has 1 aromatic carbocycles. The number of aliphatic hydroxyl groups excluding tert-OH is 2. The van der Waals surface area contributed by atoms with Gasteiger partial charge in [0.15, 0.2) is 0 Å². The van der Waals surface area contributed by atoms with Gasteiger partial charge in [0.25, 0.3) is 5.69 Å². The van der Waals surface area contributed by atoms with Crippen LogP contribution in [0.1, 0.15) is 24.2 Å². The maximum absolute atomic E-state index is 11.7. The molecule has 0 amide bonds. The molecular formula is C13H17NO6. The zero-order valence-electron chi connectivity index (χ0n) is 11.3. The highest BCUT2D eigenvalue weighted by atomic mass is 16.6. The number of nitro groups is 1. The lowest BCUT2D eigenvalue weighted by Gasteiger charge is -2.27. The zero-order chi connectivity index (χ0) is 15.3. The Morgan fingerprint density at radius 3 is 2.40 bits per heavy atom. The molecule has 110 valence electrons. The van der Waals surface area contributed by atoms with E-state index in [-0.39, 0.29) is 24.5 Å². The van der Waals surface area contributed by atoms with Crippen LogP contribution in [0, 0.1) is 15.5 Å². The Labute approximate surface area is 116 Å². The summed E-state index contributed by atoms with van der Waals surface area (Å²) in [6.07, 6.45) is -1.01. The molecule has 0 radical (unpaired) electrons. The minimum absolute atomic E-state index is 0.122. The molecule has 0 aliphatic heterocycles. The third kappa shape index (κ3) is 4.01.